The Balaban J connectivity index is 2.74. The van der Waals surface area contributed by atoms with Crippen molar-refractivity contribution in [2.75, 3.05) is 5.73 Å². The molecular weight excluding hydrogens is 240 g/mol. The molecular formula is C14H18N4O. The van der Waals surface area contributed by atoms with E-state index in [1.807, 2.05) is 29.7 Å². The zero-order valence-electron chi connectivity index (χ0n) is 11.2. The van der Waals surface area contributed by atoms with Crippen molar-refractivity contribution in [3.63, 3.8) is 0 Å². The van der Waals surface area contributed by atoms with Gasteiger partial charge in [-0.2, -0.15) is 0 Å². The highest BCUT2D eigenvalue weighted by atomic mass is 16.1. The standard InChI is InChI=1S/C14H18N4O/c1-3-5-9-7-12-11(8-10(9)13(15)19)17-14(16)18(12)6-4-2/h3,5,7-8H,4,6H2,1-2H3,(H2,15,19)(H2,16,17)/b5-3-. The van der Waals surface area contributed by atoms with Gasteiger partial charge in [0.15, 0.2) is 0 Å². The molecule has 0 atom stereocenters. The number of nitrogen functional groups attached to an aromatic ring is 1. The second-order valence-electron chi connectivity index (χ2n) is 4.41. The number of allylic oxidation sites excluding steroid dienone is 1. The van der Waals surface area contributed by atoms with Gasteiger partial charge in [-0.15, -0.1) is 0 Å². The number of aromatic nitrogens is 2. The van der Waals surface area contributed by atoms with E-state index >= 15 is 0 Å². The lowest BCUT2D eigenvalue weighted by Gasteiger charge is -2.06. The Morgan fingerprint density at radius 2 is 2.21 bits per heavy atom. The Morgan fingerprint density at radius 1 is 1.47 bits per heavy atom. The molecule has 0 saturated carbocycles. The molecule has 0 aliphatic carbocycles. The van der Waals surface area contributed by atoms with Gasteiger partial charge in [0.05, 0.1) is 11.0 Å². The summed E-state index contributed by atoms with van der Waals surface area (Å²) in [4.78, 5) is 15.8. The maximum atomic E-state index is 11.5. The maximum absolute atomic E-state index is 11.5. The molecule has 0 saturated heterocycles. The third kappa shape index (κ3) is 2.31. The van der Waals surface area contributed by atoms with Gasteiger partial charge in [0.2, 0.25) is 11.9 Å². The lowest BCUT2D eigenvalue weighted by Crippen LogP contribution is -2.12. The van der Waals surface area contributed by atoms with E-state index in [0.717, 1.165) is 24.0 Å². The Labute approximate surface area is 111 Å². The summed E-state index contributed by atoms with van der Waals surface area (Å²) in [6.07, 6.45) is 4.70. The van der Waals surface area contributed by atoms with E-state index in [0.29, 0.717) is 17.0 Å². The summed E-state index contributed by atoms with van der Waals surface area (Å²) in [5.41, 5.74) is 14.2. The van der Waals surface area contributed by atoms with E-state index < -0.39 is 5.91 Å². The van der Waals surface area contributed by atoms with E-state index in [1.165, 1.54) is 0 Å². The summed E-state index contributed by atoms with van der Waals surface area (Å²) < 4.78 is 1.95. The Kier molecular flexibility index (Phi) is 3.55. The van der Waals surface area contributed by atoms with E-state index in [1.54, 1.807) is 6.07 Å². The minimum absolute atomic E-state index is 0.460. The topological polar surface area (TPSA) is 86.9 Å². The molecule has 1 heterocycles. The van der Waals surface area contributed by atoms with E-state index in [2.05, 4.69) is 11.9 Å². The largest absolute Gasteiger partial charge is 0.369 e. The zero-order valence-corrected chi connectivity index (χ0v) is 11.2. The van der Waals surface area contributed by atoms with Crippen LogP contribution in [0.5, 0.6) is 0 Å². The average Bonchev–Trinajstić information content (AvgIpc) is 2.66. The fourth-order valence-corrected chi connectivity index (χ4v) is 2.20. The van der Waals surface area contributed by atoms with Gasteiger partial charge in [0.25, 0.3) is 0 Å². The van der Waals surface area contributed by atoms with Gasteiger partial charge in [0.1, 0.15) is 0 Å². The molecule has 19 heavy (non-hydrogen) atoms. The first-order valence-corrected chi connectivity index (χ1v) is 6.30. The number of carbonyl (C=O) groups excluding carboxylic acids is 1. The van der Waals surface area contributed by atoms with Crippen molar-refractivity contribution < 1.29 is 4.79 Å². The van der Waals surface area contributed by atoms with Gasteiger partial charge in [-0.25, -0.2) is 4.98 Å². The number of aryl methyl sites for hydroxylation is 1. The average molecular weight is 258 g/mol. The van der Waals surface area contributed by atoms with Gasteiger partial charge >= 0.3 is 0 Å². The monoisotopic (exact) mass is 258 g/mol. The van der Waals surface area contributed by atoms with Crippen LogP contribution in [0.4, 0.5) is 5.95 Å². The van der Waals surface area contributed by atoms with Crippen molar-refractivity contribution >= 4 is 29.0 Å². The molecule has 0 unspecified atom stereocenters. The number of amides is 1. The molecule has 0 spiro atoms. The lowest BCUT2D eigenvalue weighted by molar-refractivity contribution is 0.100. The molecule has 4 N–H and O–H groups in total. The molecule has 0 fully saturated rings. The third-order valence-corrected chi connectivity index (χ3v) is 3.01. The SMILES string of the molecule is C/C=C\c1cc2c(cc1C(N)=O)nc(N)n2CCC. The lowest BCUT2D eigenvalue weighted by atomic mass is 10.1. The number of hydrogen-bond acceptors (Lipinski definition) is 3. The van der Waals surface area contributed by atoms with Crippen LogP contribution in [0.2, 0.25) is 0 Å². The van der Waals surface area contributed by atoms with Crippen molar-refractivity contribution in [2.24, 2.45) is 5.73 Å². The molecule has 1 aromatic carbocycles. The molecule has 2 rings (SSSR count). The summed E-state index contributed by atoms with van der Waals surface area (Å²) in [5.74, 6) is 0.00325. The van der Waals surface area contributed by atoms with Crippen LogP contribution < -0.4 is 11.5 Å². The molecule has 5 heteroatoms. The molecule has 0 bridgehead atoms. The first-order chi connectivity index (χ1) is 9.08. The van der Waals surface area contributed by atoms with Gasteiger partial charge in [-0.1, -0.05) is 19.1 Å². The van der Waals surface area contributed by atoms with Gasteiger partial charge < -0.3 is 16.0 Å². The molecule has 2 aromatic rings. The summed E-state index contributed by atoms with van der Waals surface area (Å²) >= 11 is 0. The molecule has 1 aromatic heterocycles. The predicted octanol–water partition coefficient (Wildman–Crippen LogP) is 2.16. The highest BCUT2D eigenvalue weighted by Gasteiger charge is 2.13. The quantitative estimate of drug-likeness (QED) is 0.881. The van der Waals surface area contributed by atoms with Crippen LogP contribution in [0.3, 0.4) is 0 Å². The molecule has 100 valence electrons. The third-order valence-electron chi connectivity index (χ3n) is 3.01. The second kappa shape index (κ2) is 5.14. The molecule has 0 radical (unpaired) electrons. The van der Waals surface area contributed by atoms with E-state index in [4.69, 9.17) is 11.5 Å². The maximum Gasteiger partial charge on any atom is 0.249 e. The molecule has 0 aliphatic heterocycles. The number of rotatable bonds is 4. The van der Waals surface area contributed by atoms with Crippen LogP contribution in [0.1, 0.15) is 36.2 Å². The van der Waals surface area contributed by atoms with Gasteiger partial charge in [-0.05, 0) is 31.0 Å². The van der Waals surface area contributed by atoms with Crippen molar-refractivity contribution in [1.82, 2.24) is 9.55 Å². The number of anilines is 1. The van der Waals surface area contributed by atoms with Crippen LogP contribution in [-0.4, -0.2) is 15.5 Å². The Morgan fingerprint density at radius 3 is 2.79 bits per heavy atom. The van der Waals surface area contributed by atoms with Gasteiger partial charge in [0, 0.05) is 12.1 Å². The number of nitrogens with two attached hydrogens (primary N) is 2. The highest BCUT2D eigenvalue weighted by Crippen LogP contribution is 2.23. The minimum atomic E-state index is -0.460. The number of primary amides is 1. The Bertz CT molecular complexity index is 655. The minimum Gasteiger partial charge on any atom is -0.369 e. The predicted molar refractivity (Wildman–Crippen MR) is 77.7 cm³/mol. The van der Waals surface area contributed by atoms with Crippen LogP contribution in [0.25, 0.3) is 17.1 Å². The number of imidazole rings is 1. The van der Waals surface area contributed by atoms with Crippen LogP contribution >= 0.6 is 0 Å². The number of hydrogen-bond donors (Lipinski definition) is 2. The molecule has 1 amide bonds. The first-order valence-electron chi connectivity index (χ1n) is 6.30. The van der Waals surface area contributed by atoms with Crippen molar-refractivity contribution in [2.45, 2.75) is 26.8 Å². The van der Waals surface area contributed by atoms with Crippen molar-refractivity contribution in [3.8, 4) is 0 Å². The fourth-order valence-electron chi connectivity index (χ4n) is 2.20. The van der Waals surface area contributed by atoms with Crippen LogP contribution in [-0.2, 0) is 6.54 Å². The van der Waals surface area contributed by atoms with Crippen LogP contribution in [0.15, 0.2) is 18.2 Å². The summed E-state index contributed by atoms with van der Waals surface area (Å²) in [6, 6.07) is 3.62. The normalized spacial score (nSPS) is 11.5. The number of fused-ring (bicyclic) bond motifs is 1. The second-order valence-corrected chi connectivity index (χ2v) is 4.41. The van der Waals surface area contributed by atoms with Crippen molar-refractivity contribution in [1.29, 1.82) is 0 Å². The van der Waals surface area contributed by atoms with E-state index in [9.17, 15) is 4.79 Å². The highest BCUT2D eigenvalue weighted by molar-refractivity contribution is 6.00. The molecule has 0 aliphatic rings. The fraction of sp³-hybridized carbons (Fsp3) is 0.286. The number of nitrogens with zero attached hydrogens (tertiary/aromatic N) is 2. The van der Waals surface area contributed by atoms with Gasteiger partial charge in [-0.3, -0.25) is 4.79 Å². The summed E-state index contributed by atoms with van der Waals surface area (Å²) in [5, 5.41) is 0. The number of carbonyl (C=O) groups is 1. The summed E-state index contributed by atoms with van der Waals surface area (Å²) in [7, 11) is 0. The Hall–Kier alpha value is -2.30. The smallest absolute Gasteiger partial charge is 0.249 e. The van der Waals surface area contributed by atoms with Crippen molar-refractivity contribution in [3.05, 3.63) is 29.3 Å². The first kappa shape index (κ1) is 13.1. The van der Waals surface area contributed by atoms with Crippen LogP contribution in [0, 0.1) is 0 Å². The van der Waals surface area contributed by atoms with E-state index in [-0.39, 0.29) is 0 Å². The number of benzene rings is 1. The zero-order chi connectivity index (χ0) is 14.0. The summed E-state index contributed by atoms with van der Waals surface area (Å²) in [6.45, 7) is 4.77. The molecule has 5 nitrogen and oxygen atoms in total.